The molecule has 25 heavy (non-hydrogen) atoms. The van der Waals surface area contributed by atoms with Crippen LogP contribution in [0.15, 0.2) is 30.3 Å². The van der Waals surface area contributed by atoms with Crippen molar-refractivity contribution in [2.75, 3.05) is 38.1 Å². The SMILES string of the molecule is CC(C)C(=O)N1CCC(C(=O)NCCCN(C)c2ccccc2)CC1. The van der Waals surface area contributed by atoms with Crippen LogP contribution in [0.1, 0.15) is 33.1 Å². The normalized spacial score (nSPS) is 15.3. The van der Waals surface area contributed by atoms with Crippen LogP contribution in [-0.2, 0) is 9.59 Å². The third-order valence-corrected chi connectivity index (χ3v) is 4.84. The predicted octanol–water partition coefficient (Wildman–Crippen LogP) is 2.52. The minimum absolute atomic E-state index is 0.0342. The zero-order chi connectivity index (χ0) is 18.2. The largest absolute Gasteiger partial charge is 0.375 e. The Labute approximate surface area is 151 Å². The molecule has 1 saturated heterocycles. The molecular formula is C20H31N3O2. The fourth-order valence-corrected chi connectivity index (χ4v) is 3.21. The smallest absolute Gasteiger partial charge is 0.225 e. The van der Waals surface area contributed by atoms with Gasteiger partial charge in [0.25, 0.3) is 0 Å². The van der Waals surface area contributed by atoms with Gasteiger partial charge in [0.2, 0.25) is 11.8 Å². The number of hydrogen-bond donors (Lipinski definition) is 1. The number of nitrogens with one attached hydrogen (secondary N) is 1. The molecule has 0 atom stereocenters. The van der Waals surface area contributed by atoms with Crippen molar-refractivity contribution in [2.45, 2.75) is 33.1 Å². The number of anilines is 1. The van der Waals surface area contributed by atoms with Gasteiger partial charge in [-0.3, -0.25) is 9.59 Å². The second kappa shape index (κ2) is 9.44. The van der Waals surface area contributed by atoms with Gasteiger partial charge >= 0.3 is 0 Å². The highest BCUT2D eigenvalue weighted by atomic mass is 16.2. The second-order valence-corrected chi connectivity index (χ2v) is 7.16. The lowest BCUT2D eigenvalue weighted by Crippen LogP contribution is -2.44. The Balaban J connectivity index is 1.64. The summed E-state index contributed by atoms with van der Waals surface area (Å²) in [6.45, 7) is 6.85. The molecule has 1 N–H and O–H groups in total. The fourth-order valence-electron chi connectivity index (χ4n) is 3.21. The van der Waals surface area contributed by atoms with E-state index >= 15 is 0 Å². The van der Waals surface area contributed by atoms with Gasteiger partial charge in [-0.15, -0.1) is 0 Å². The molecule has 0 aliphatic carbocycles. The number of rotatable bonds is 7. The third kappa shape index (κ3) is 5.76. The van der Waals surface area contributed by atoms with Crippen molar-refractivity contribution in [1.82, 2.24) is 10.2 Å². The summed E-state index contributed by atoms with van der Waals surface area (Å²) in [7, 11) is 2.07. The van der Waals surface area contributed by atoms with Crippen LogP contribution in [0.4, 0.5) is 5.69 Å². The number of nitrogens with zero attached hydrogens (tertiary/aromatic N) is 2. The van der Waals surface area contributed by atoms with Gasteiger partial charge in [-0.25, -0.2) is 0 Å². The number of para-hydroxylation sites is 1. The molecule has 2 amide bonds. The van der Waals surface area contributed by atoms with Gasteiger partial charge < -0.3 is 15.1 Å². The van der Waals surface area contributed by atoms with E-state index in [4.69, 9.17) is 0 Å². The fraction of sp³-hybridized carbons (Fsp3) is 0.600. The average Bonchev–Trinajstić information content (AvgIpc) is 2.65. The molecule has 1 heterocycles. The highest BCUT2D eigenvalue weighted by Gasteiger charge is 2.27. The average molecular weight is 345 g/mol. The molecule has 1 aliphatic rings. The Morgan fingerprint density at radius 3 is 2.44 bits per heavy atom. The Morgan fingerprint density at radius 2 is 1.84 bits per heavy atom. The molecule has 1 fully saturated rings. The van der Waals surface area contributed by atoms with E-state index in [2.05, 4.69) is 29.4 Å². The predicted molar refractivity (Wildman–Crippen MR) is 101 cm³/mol. The first-order valence-corrected chi connectivity index (χ1v) is 9.31. The first kappa shape index (κ1) is 19.3. The van der Waals surface area contributed by atoms with E-state index in [1.807, 2.05) is 36.9 Å². The molecule has 0 radical (unpaired) electrons. The first-order valence-electron chi connectivity index (χ1n) is 9.31. The van der Waals surface area contributed by atoms with E-state index in [0.29, 0.717) is 19.6 Å². The summed E-state index contributed by atoms with van der Waals surface area (Å²) in [6.07, 6.45) is 2.46. The Bertz CT molecular complexity index is 551. The molecule has 1 aromatic carbocycles. The van der Waals surface area contributed by atoms with Gasteiger partial charge in [0.1, 0.15) is 0 Å². The van der Waals surface area contributed by atoms with Crippen LogP contribution in [0, 0.1) is 11.8 Å². The summed E-state index contributed by atoms with van der Waals surface area (Å²) >= 11 is 0. The van der Waals surface area contributed by atoms with Crippen molar-refractivity contribution in [3.8, 4) is 0 Å². The van der Waals surface area contributed by atoms with Crippen LogP contribution in [-0.4, -0.2) is 49.9 Å². The number of piperidine rings is 1. The van der Waals surface area contributed by atoms with Crippen molar-refractivity contribution < 1.29 is 9.59 Å². The van der Waals surface area contributed by atoms with E-state index in [0.717, 1.165) is 25.8 Å². The van der Waals surface area contributed by atoms with E-state index < -0.39 is 0 Å². The van der Waals surface area contributed by atoms with Crippen LogP contribution in [0.25, 0.3) is 0 Å². The number of carbonyl (C=O) groups excluding carboxylic acids is 2. The second-order valence-electron chi connectivity index (χ2n) is 7.16. The molecule has 1 aliphatic heterocycles. The Morgan fingerprint density at radius 1 is 1.20 bits per heavy atom. The monoisotopic (exact) mass is 345 g/mol. The lowest BCUT2D eigenvalue weighted by Gasteiger charge is -2.32. The maximum atomic E-state index is 12.3. The molecule has 2 rings (SSSR count). The quantitative estimate of drug-likeness (QED) is 0.773. The van der Waals surface area contributed by atoms with Gasteiger partial charge in [0, 0.05) is 50.7 Å². The van der Waals surface area contributed by atoms with Gasteiger partial charge in [0.15, 0.2) is 0 Å². The highest BCUT2D eigenvalue weighted by Crippen LogP contribution is 2.19. The highest BCUT2D eigenvalue weighted by molar-refractivity contribution is 5.80. The maximum absolute atomic E-state index is 12.3. The standard InChI is InChI=1S/C20H31N3O2/c1-16(2)20(25)23-14-10-17(11-15-23)19(24)21-12-7-13-22(3)18-8-5-4-6-9-18/h4-6,8-9,16-17H,7,10-15H2,1-3H3,(H,21,24). The third-order valence-electron chi connectivity index (χ3n) is 4.84. The summed E-state index contributed by atoms with van der Waals surface area (Å²) in [4.78, 5) is 28.4. The molecule has 138 valence electrons. The number of benzene rings is 1. The summed E-state index contributed by atoms with van der Waals surface area (Å²) in [5.41, 5.74) is 1.19. The van der Waals surface area contributed by atoms with Gasteiger partial charge in [-0.2, -0.15) is 0 Å². The van der Waals surface area contributed by atoms with Crippen molar-refractivity contribution in [3.05, 3.63) is 30.3 Å². The van der Waals surface area contributed by atoms with Crippen LogP contribution in [0.5, 0.6) is 0 Å². The molecular weight excluding hydrogens is 314 g/mol. The molecule has 0 unspecified atom stereocenters. The van der Waals surface area contributed by atoms with E-state index in [-0.39, 0.29) is 23.7 Å². The van der Waals surface area contributed by atoms with E-state index in [9.17, 15) is 9.59 Å². The van der Waals surface area contributed by atoms with Crippen molar-refractivity contribution in [3.63, 3.8) is 0 Å². The molecule has 0 aromatic heterocycles. The Kier molecular flexibility index (Phi) is 7.29. The maximum Gasteiger partial charge on any atom is 0.225 e. The number of amides is 2. The lowest BCUT2D eigenvalue weighted by atomic mass is 9.95. The Hall–Kier alpha value is -2.04. The zero-order valence-corrected chi connectivity index (χ0v) is 15.7. The van der Waals surface area contributed by atoms with Gasteiger partial charge in [-0.05, 0) is 31.4 Å². The number of likely N-dealkylation sites (tertiary alicyclic amines) is 1. The topological polar surface area (TPSA) is 52.7 Å². The molecule has 5 nitrogen and oxygen atoms in total. The van der Waals surface area contributed by atoms with Crippen molar-refractivity contribution in [1.29, 1.82) is 0 Å². The summed E-state index contributed by atoms with van der Waals surface area (Å²) in [6, 6.07) is 10.3. The minimum atomic E-state index is 0.0342. The summed E-state index contributed by atoms with van der Waals surface area (Å²) < 4.78 is 0. The van der Waals surface area contributed by atoms with Crippen molar-refractivity contribution in [2.24, 2.45) is 11.8 Å². The zero-order valence-electron chi connectivity index (χ0n) is 15.7. The number of carbonyl (C=O) groups is 2. The van der Waals surface area contributed by atoms with Crippen LogP contribution in [0.2, 0.25) is 0 Å². The van der Waals surface area contributed by atoms with Crippen LogP contribution in [0.3, 0.4) is 0 Å². The van der Waals surface area contributed by atoms with Crippen LogP contribution >= 0.6 is 0 Å². The molecule has 1 aromatic rings. The molecule has 0 saturated carbocycles. The van der Waals surface area contributed by atoms with Crippen LogP contribution < -0.4 is 10.2 Å². The molecule has 5 heteroatoms. The number of hydrogen-bond acceptors (Lipinski definition) is 3. The van der Waals surface area contributed by atoms with Gasteiger partial charge in [-0.1, -0.05) is 32.0 Å². The molecule has 0 bridgehead atoms. The summed E-state index contributed by atoms with van der Waals surface area (Å²) in [5, 5.41) is 3.06. The van der Waals surface area contributed by atoms with Gasteiger partial charge in [0.05, 0.1) is 0 Å². The molecule has 0 spiro atoms. The minimum Gasteiger partial charge on any atom is -0.375 e. The summed E-state index contributed by atoms with van der Waals surface area (Å²) in [5.74, 6) is 0.414. The lowest BCUT2D eigenvalue weighted by molar-refractivity contribution is -0.138. The van der Waals surface area contributed by atoms with Crippen molar-refractivity contribution >= 4 is 17.5 Å². The first-order chi connectivity index (χ1) is 12.0. The van der Waals surface area contributed by atoms with E-state index in [1.54, 1.807) is 0 Å². The van der Waals surface area contributed by atoms with E-state index in [1.165, 1.54) is 5.69 Å².